The van der Waals surface area contributed by atoms with Crippen LogP contribution >= 0.6 is 0 Å². The number of methoxy groups -OCH3 is 2. The van der Waals surface area contributed by atoms with Crippen LogP contribution in [0.4, 0.5) is 0 Å². The summed E-state index contributed by atoms with van der Waals surface area (Å²) >= 11 is 0. The van der Waals surface area contributed by atoms with Crippen LogP contribution in [-0.4, -0.2) is 45.2 Å². The Morgan fingerprint density at radius 2 is 1.67 bits per heavy atom. The smallest absolute Gasteiger partial charge is 0.339 e. The van der Waals surface area contributed by atoms with E-state index in [0.717, 1.165) is 6.08 Å². The quantitative estimate of drug-likeness (QED) is 0.383. The van der Waals surface area contributed by atoms with Crippen molar-refractivity contribution in [1.29, 1.82) is 0 Å². The zero-order chi connectivity index (χ0) is 11.8. The van der Waals surface area contributed by atoms with Gasteiger partial charge in [0.15, 0.2) is 0 Å². The highest BCUT2D eigenvalue weighted by molar-refractivity contribution is 5.93. The second-order valence-corrected chi connectivity index (χ2v) is 2.90. The molecule has 0 bridgehead atoms. The number of carbonyl (C=O) groups excluding carboxylic acids is 2. The van der Waals surface area contributed by atoms with Crippen LogP contribution in [0.3, 0.4) is 0 Å². The van der Waals surface area contributed by atoms with Gasteiger partial charge in [-0.15, -0.1) is 0 Å². The first kappa shape index (κ1) is 13.2. The Morgan fingerprint density at radius 3 is 2.07 bits per heavy atom. The maximum Gasteiger partial charge on any atom is 0.339 e. The van der Waals surface area contributed by atoms with Crippen LogP contribution < -0.4 is 0 Å². The summed E-state index contributed by atoms with van der Waals surface area (Å²) in [7, 11) is 6.06. The van der Waals surface area contributed by atoms with Crippen LogP contribution in [0, 0.1) is 0 Å². The average Bonchev–Trinajstić information content (AvgIpc) is 2.21. The molecule has 0 N–H and O–H groups in total. The summed E-state index contributed by atoms with van der Waals surface area (Å²) < 4.78 is 8.94. The monoisotopic (exact) mass is 213 g/mol. The third-order valence-electron chi connectivity index (χ3n) is 1.42. The lowest BCUT2D eigenvalue weighted by atomic mass is 10.2. The SMILES string of the molecule is COC(=O)C=CC(=CN(C)C)C(=O)OC. The minimum absolute atomic E-state index is 0.271. The van der Waals surface area contributed by atoms with Crippen LogP contribution in [0.15, 0.2) is 23.9 Å². The van der Waals surface area contributed by atoms with E-state index in [1.807, 2.05) is 0 Å². The van der Waals surface area contributed by atoms with Gasteiger partial charge in [-0.25, -0.2) is 9.59 Å². The van der Waals surface area contributed by atoms with Gasteiger partial charge in [0.25, 0.3) is 0 Å². The molecule has 5 heteroatoms. The van der Waals surface area contributed by atoms with Crippen molar-refractivity contribution in [3.8, 4) is 0 Å². The summed E-state index contributed by atoms with van der Waals surface area (Å²) in [5.41, 5.74) is 0.271. The highest BCUT2D eigenvalue weighted by Crippen LogP contribution is 2.01. The van der Waals surface area contributed by atoms with Gasteiger partial charge in [0.05, 0.1) is 19.8 Å². The largest absolute Gasteiger partial charge is 0.466 e. The number of nitrogens with zero attached hydrogens (tertiary/aromatic N) is 1. The van der Waals surface area contributed by atoms with E-state index in [4.69, 9.17) is 0 Å². The summed E-state index contributed by atoms with van der Waals surface area (Å²) in [5.74, 6) is -1.03. The third kappa shape index (κ3) is 5.51. The molecule has 0 unspecified atom stereocenters. The predicted molar refractivity (Wildman–Crippen MR) is 54.9 cm³/mol. The van der Waals surface area contributed by atoms with E-state index in [1.54, 1.807) is 25.2 Å². The lowest BCUT2D eigenvalue weighted by molar-refractivity contribution is -0.135. The molecule has 0 saturated carbocycles. The van der Waals surface area contributed by atoms with Crippen molar-refractivity contribution in [2.75, 3.05) is 28.3 Å². The van der Waals surface area contributed by atoms with Crippen molar-refractivity contribution < 1.29 is 19.1 Å². The van der Waals surface area contributed by atoms with Crippen LogP contribution in [0.1, 0.15) is 0 Å². The van der Waals surface area contributed by atoms with E-state index >= 15 is 0 Å². The lowest BCUT2D eigenvalue weighted by Gasteiger charge is -2.06. The molecule has 0 aromatic heterocycles. The molecule has 0 aliphatic rings. The van der Waals surface area contributed by atoms with Crippen molar-refractivity contribution in [3.05, 3.63) is 23.9 Å². The fourth-order valence-electron chi connectivity index (χ4n) is 0.786. The third-order valence-corrected chi connectivity index (χ3v) is 1.42. The summed E-state index contributed by atoms with van der Waals surface area (Å²) in [6, 6.07) is 0. The zero-order valence-electron chi connectivity index (χ0n) is 9.31. The van der Waals surface area contributed by atoms with E-state index in [1.165, 1.54) is 20.3 Å². The Balaban J connectivity index is 4.74. The van der Waals surface area contributed by atoms with E-state index in [0.29, 0.717) is 0 Å². The molecule has 0 aliphatic carbocycles. The Kier molecular flexibility index (Phi) is 5.85. The average molecular weight is 213 g/mol. The molecule has 0 saturated heterocycles. The van der Waals surface area contributed by atoms with Crippen molar-refractivity contribution in [2.45, 2.75) is 0 Å². The van der Waals surface area contributed by atoms with Gasteiger partial charge in [-0.3, -0.25) is 0 Å². The summed E-state index contributed by atoms with van der Waals surface area (Å²) in [4.78, 5) is 23.7. The number of esters is 2. The van der Waals surface area contributed by atoms with Gasteiger partial charge in [-0.1, -0.05) is 0 Å². The molecule has 84 valence electrons. The van der Waals surface area contributed by atoms with Gasteiger partial charge in [-0.2, -0.15) is 0 Å². The lowest BCUT2D eigenvalue weighted by Crippen LogP contribution is -2.09. The molecule has 15 heavy (non-hydrogen) atoms. The van der Waals surface area contributed by atoms with Gasteiger partial charge < -0.3 is 14.4 Å². The Morgan fingerprint density at radius 1 is 1.07 bits per heavy atom. The van der Waals surface area contributed by atoms with Crippen molar-refractivity contribution in [1.82, 2.24) is 4.90 Å². The first-order chi connectivity index (χ1) is 7.01. The molecule has 0 spiro atoms. The second-order valence-electron chi connectivity index (χ2n) is 2.90. The number of carbonyl (C=O) groups is 2. The second kappa shape index (κ2) is 6.64. The normalized spacial score (nSPS) is 11.3. The summed E-state index contributed by atoms with van der Waals surface area (Å²) in [6.07, 6.45) is 4.05. The van der Waals surface area contributed by atoms with E-state index in [9.17, 15) is 9.59 Å². The molecule has 0 fully saturated rings. The molecular formula is C10H15NO4. The molecule has 0 aliphatic heterocycles. The van der Waals surface area contributed by atoms with Crippen molar-refractivity contribution >= 4 is 11.9 Å². The zero-order valence-corrected chi connectivity index (χ0v) is 9.31. The van der Waals surface area contributed by atoms with Gasteiger partial charge >= 0.3 is 11.9 Å². The standard InChI is InChI=1S/C10H15NO4/c1-11(2)7-8(10(13)15-4)5-6-9(12)14-3/h5-7H,1-4H3. The molecule has 0 amide bonds. The molecular weight excluding hydrogens is 198 g/mol. The topological polar surface area (TPSA) is 55.8 Å². The predicted octanol–water partition coefficient (Wildman–Crippen LogP) is 0.334. The molecule has 0 atom stereocenters. The molecule has 0 aromatic carbocycles. The van der Waals surface area contributed by atoms with E-state index < -0.39 is 11.9 Å². The highest BCUT2D eigenvalue weighted by Gasteiger charge is 2.06. The van der Waals surface area contributed by atoms with E-state index in [-0.39, 0.29) is 5.57 Å². The maximum atomic E-state index is 11.2. The highest BCUT2D eigenvalue weighted by atomic mass is 16.5. The fraction of sp³-hybridized carbons (Fsp3) is 0.400. The fourth-order valence-corrected chi connectivity index (χ4v) is 0.786. The number of hydrogen-bond donors (Lipinski definition) is 0. The van der Waals surface area contributed by atoms with Crippen LogP contribution in [0.5, 0.6) is 0 Å². The van der Waals surface area contributed by atoms with Gasteiger partial charge in [-0.05, 0) is 6.08 Å². The van der Waals surface area contributed by atoms with Gasteiger partial charge in [0.2, 0.25) is 0 Å². The first-order valence-electron chi connectivity index (χ1n) is 4.23. The Hall–Kier alpha value is -1.78. The maximum absolute atomic E-state index is 11.2. The van der Waals surface area contributed by atoms with Crippen molar-refractivity contribution in [3.63, 3.8) is 0 Å². The minimum Gasteiger partial charge on any atom is -0.466 e. The van der Waals surface area contributed by atoms with Gasteiger partial charge in [0, 0.05) is 26.4 Å². The minimum atomic E-state index is -0.524. The number of rotatable bonds is 4. The van der Waals surface area contributed by atoms with Crippen LogP contribution in [0.25, 0.3) is 0 Å². The Labute approximate surface area is 89.0 Å². The number of hydrogen-bond acceptors (Lipinski definition) is 5. The Bertz CT molecular complexity index is 292. The molecule has 0 rings (SSSR count). The van der Waals surface area contributed by atoms with E-state index in [2.05, 4.69) is 9.47 Å². The van der Waals surface area contributed by atoms with Gasteiger partial charge in [0.1, 0.15) is 0 Å². The van der Waals surface area contributed by atoms with Crippen molar-refractivity contribution in [2.24, 2.45) is 0 Å². The first-order valence-corrected chi connectivity index (χ1v) is 4.23. The molecule has 5 nitrogen and oxygen atoms in total. The summed E-state index contributed by atoms with van der Waals surface area (Å²) in [5, 5.41) is 0. The summed E-state index contributed by atoms with van der Waals surface area (Å²) in [6.45, 7) is 0. The molecule has 0 aromatic rings. The van der Waals surface area contributed by atoms with Crippen LogP contribution in [0.2, 0.25) is 0 Å². The molecule has 0 heterocycles. The van der Waals surface area contributed by atoms with Crippen LogP contribution in [-0.2, 0) is 19.1 Å². The molecule has 0 radical (unpaired) electrons. The number of ether oxygens (including phenoxy) is 2.